The summed E-state index contributed by atoms with van der Waals surface area (Å²) in [7, 11) is 0. The number of aliphatic hydroxyl groups is 1. The maximum Gasteiger partial charge on any atom is 0.257 e. The standard InChI is InChI=1S/C13H11F2NO2S/c14-8-3-1-4-9(15)12(8)13(18)16-7-10(17)11-5-2-6-19-11/h1-6,10,17H,7H2,(H,16,18). The Balaban J connectivity index is 2.02. The molecule has 1 aromatic heterocycles. The van der Waals surface area contributed by atoms with Crippen LogP contribution in [0.1, 0.15) is 21.3 Å². The van der Waals surface area contributed by atoms with Gasteiger partial charge in [-0.2, -0.15) is 0 Å². The summed E-state index contributed by atoms with van der Waals surface area (Å²) < 4.78 is 26.7. The number of hydrogen-bond acceptors (Lipinski definition) is 3. The molecule has 0 aliphatic heterocycles. The van der Waals surface area contributed by atoms with E-state index < -0.39 is 29.2 Å². The van der Waals surface area contributed by atoms with Crippen LogP contribution in [-0.4, -0.2) is 17.6 Å². The lowest BCUT2D eigenvalue weighted by Gasteiger charge is -2.11. The van der Waals surface area contributed by atoms with E-state index in [1.807, 2.05) is 0 Å². The average Bonchev–Trinajstić information content (AvgIpc) is 2.89. The van der Waals surface area contributed by atoms with Gasteiger partial charge in [-0.05, 0) is 23.6 Å². The molecule has 0 aliphatic carbocycles. The Hall–Kier alpha value is -1.79. The highest BCUT2D eigenvalue weighted by Gasteiger charge is 2.18. The first kappa shape index (κ1) is 13.6. The quantitative estimate of drug-likeness (QED) is 0.905. The van der Waals surface area contributed by atoms with Crippen molar-refractivity contribution in [2.24, 2.45) is 0 Å². The number of halogens is 2. The fourth-order valence-corrected chi connectivity index (χ4v) is 2.29. The molecule has 1 amide bonds. The van der Waals surface area contributed by atoms with Crippen LogP contribution in [-0.2, 0) is 0 Å². The predicted octanol–water partition coefficient (Wildman–Crippen LogP) is 2.49. The van der Waals surface area contributed by atoms with Gasteiger partial charge in [0, 0.05) is 11.4 Å². The maximum absolute atomic E-state index is 13.3. The summed E-state index contributed by atoms with van der Waals surface area (Å²) in [4.78, 5) is 12.3. The normalized spacial score (nSPS) is 12.2. The van der Waals surface area contributed by atoms with Crippen molar-refractivity contribution < 1.29 is 18.7 Å². The molecule has 1 unspecified atom stereocenters. The van der Waals surface area contributed by atoms with Gasteiger partial charge in [-0.15, -0.1) is 11.3 Å². The number of carbonyl (C=O) groups excluding carboxylic acids is 1. The highest BCUT2D eigenvalue weighted by Crippen LogP contribution is 2.18. The van der Waals surface area contributed by atoms with Crippen LogP contribution in [0.3, 0.4) is 0 Å². The lowest BCUT2D eigenvalue weighted by molar-refractivity contribution is 0.0909. The summed E-state index contributed by atoms with van der Waals surface area (Å²) in [6.07, 6.45) is -0.890. The molecule has 100 valence electrons. The summed E-state index contributed by atoms with van der Waals surface area (Å²) in [6, 6.07) is 6.68. The summed E-state index contributed by atoms with van der Waals surface area (Å²) in [5, 5.41) is 13.8. The Labute approximate surface area is 112 Å². The topological polar surface area (TPSA) is 49.3 Å². The third-order valence-corrected chi connectivity index (χ3v) is 3.49. The Morgan fingerprint density at radius 3 is 2.53 bits per heavy atom. The van der Waals surface area contributed by atoms with Crippen molar-refractivity contribution in [1.82, 2.24) is 5.32 Å². The zero-order valence-corrected chi connectivity index (χ0v) is 10.6. The fourth-order valence-electron chi connectivity index (χ4n) is 1.57. The summed E-state index contributed by atoms with van der Waals surface area (Å²) in [6.45, 7) is -0.104. The van der Waals surface area contributed by atoms with E-state index in [2.05, 4.69) is 5.32 Å². The van der Waals surface area contributed by atoms with Crippen molar-refractivity contribution in [2.45, 2.75) is 6.10 Å². The number of hydrogen-bond donors (Lipinski definition) is 2. The Morgan fingerprint density at radius 1 is 1.26 bits per heavy atom. The van der Waals surface area contributed by atoms with E-state index in [1.54, 1.807) is 17.5 Å². The SMILES string of the molecule is O=C(NCC(O)c1cccs1)c1c(F)cccc1F. The molecule has 0 spiro atoms. The van der Waals surface area contributed by atoms with Crippen LogP contribution in [0.4, 0.5) is 8.78 Å². The number of carbonyl (C=O) groups is 1. The van der Waals surface area contributed by atoms with Gasteiger partial charge >= 0.3 is 0 Å². The molecule has 6 heteroatoms. The van der Waals surface area contributed by atoms with Crippen LogP contribution in [0.15, 0.2) is 35.7 Å². The first-order valence-corrected chi connectivity index (χ1v) is 6.41. The van der Waals surface area contributed by atoms with Crippen molar-refractivity contribution in [3.05, 3.63) is 57.8 Å². The van der Waals surface area contributed by atoms with Crippen LogP contribution in [0, 0.1) is 11.6 Å². The molecule has 0 saturated heterocycles. The lowest BCUT2D eigenvalue weighted by Crippen LogP contribution is -2.29. The zero-order chi connectivity index (χ0) is 13.8. The van der Waals surface area contributed by atoms with Gasteiger partial charge in [0.05, 0.1) is 0 Å². The van der Waals surface area contributed by atoms with Gasteiger partial charge in [-0.3, -0.25) is 4.79 Å². The lowest BCUT2D eigenvalue weighted by atomic mass is 10.2. The molecule has 3 nitrogen and oxygen atoms in total. The van der Waals surface area contributed by atoms with Crippen LogP contribution >= 0.6 is 11.3 Å². The third-order valence-electron chi connectivity index (χ3n) is 2.52. The van der Waals surface area contributed by atoms with Gasteiger partial charge in [-0.25, -0.2) is 8.78 Å². The average molecular weight is 283 g/mol. The molecule has 2 rings (SSSR count). The molecule has 1 heterocycles. The number of rotatable bonds is 4. The third kappa shape index (κ3) is 3.15. The predicted molar refractivity (Wildman–Crippen MR) is 68.0 cm³/mol. The minimum absolute atomic E-state index is 0.104. The van der Waals surface area contributed by atoms with E-state index in [4.69, 9.17) is 0 Å². The van der Waals surface area contributed by atoms with Gasteiger partial charge in [0.2, 0.25) is 0 Å². The van der Waals surface area contributed by atoms with E-state index in [0.717, 1.165) is 12.1 Å². The highest BCUT2D eigenvalue weighted by atomic mass is 32.1. The molecule has 1 atom stereocenters. The second-order valence-corrected chi connectivity index (χ2v) is 4.82. The summed E-state index contributed by atoms with van der Waals surface area (Å²) in [5.41, 5.74) is -0.638. The molecule has 1 aromatic carbocycles. The molecule has 0 saturated carbocycles. The number of thiophene rings is 1. The number of aliphatic hydroxyl groups excluding tert-OH is 1. The molecule has 0 radical (unpaired) electrons. The van der Waals surface area contributed by atoms with Crippen molar-refractivity contribution in [2.75, 3.05) is 6.54 Å². The molecular weight excluding hydrogens is 272 g/mol. The van der Waals surface area contributed by atoms with Crippen molar-refractivity contribution in [3.8, 4) is 0 Å². The fraction of sp³-hybridized carbons (Fsp3) is 0.154. The molecule has 0 aliphatic rings. The summed E-state index contributed by atoms with van der Waals surface area (Å²) >= 11 is 1.34. The Morgan fingerprint density at radius 2 is 1.95 bits per heavy atom. The number of amides is 1. The Bertz CT molecular complexity index is 552. The monoisotopic (exact) mass is 283 g/mol. The van der Waals surface area contributed by atoms with Crippen molar-refractivity contribution in [1.29, 1.82) is 0 Å². The second-order valence-electron chi connectivity index (χ2n) is 3.84. The minimum Gasteiger partial charge on any atom is -0.386 e. The van der Waals surface area contributed by atoms with E-state index in [-0.39, 0.29) is 6.54 Å². The largest absolute Gasteiger partial charge is 0.386 e. The Kier molecular flexibility index (Phi) is 4.24. The molecule has 19 heavy (non-hydrogen) atoms. The minimum atomic E-state index is -0.928. The molecular formula is C13H11F2NO2S. The van der Waals surface area contributed by atoms with Gasteiger partial charge in [0.25, 0.3) is 5.91 Å². The molecule has 2 aromatic rings. The van der Waals surface area contributed by atoms with Crippen LogP contribution < -0.4 is 5.32 Å². The molecule has 2 N–H and O–H groups in total. The highest BCUT2D eigenvalue weighted by molar-refractivity contribution is 7.10. The first-order valence-electron chi connectivity index (χ1n) is 5.53. The van der Waals surface area contributed by atoms with Crippen molar-refractivity contribution >= 4 is 17.2 Å². The van der Waals surface area contributed by atoms with E-state index in [9.17, 15) is 18.7 Å². The first-order chi connectivity index (χ1) is 9.09. The van der Waals surface area contributed by atoms with Gasteiger partial charge in [-0.1, -0.05) is 12.1 Å². The number of benzene rings is 1. The molecule has 0 fully saturated rings. The second kappa shape index (κ2) is 5.90. The van der Waals surface area contributed by atoms with Crippen LogP contribution in [0.25, 0.3) is 0 Å². The van der Waals surface area contributed by atoms with E-state index in [1.165, 1.54) is 17.4 Å². The number of nitrogens with one attached hydrogen (secondary N) is 1. The van der Waals surface area contributed by atoms with Crippen LogP contribution in [0.5, 0.6) is 0 Å². The van der Waals surface area contributed by atoms with Crippen molar-refractivity contribution in [3.63, 3.8) is 0 Å². The van der Waals surface area contributed by atoms with E-state index in [0.29, 0.717) is 4.88 Å². The van der Waals surface area contributed by atoms with Gasteiger partial charge in [0.1, 0.15) is 23.3 Å². The van der Waals surface area contributed by atoms with Gasteiger partial charge in [0.15, 0.2) is 0 Å². The summed E-state index contributed by atoms with van der Waals surface area (Å²) in [5.74, 6) is -2.74. The van der Waals surface area contributed by atoms with E-state index >= 15 is 0 Å². The molecule has 0 bridgehead atoms. The zero-order valence-electron chi connectivity index (χ0n) is 9.77. The van der Waals surface area contributed by atoms with Crippen LogP contribution in [0.2, 0.25) is 0 Å². The maximum atomic E-state index is 13.3. The smallest absolute Gasteiger partial charge is 0.257 e. The van der Waals surface area contributed by atoms with Gasteiger partial charge < -0.3 is 10.4 Å².